The lowest BCUT2D eigenvalue weighted by Crippen LogP contribution is -2.40. The van der Waals surface area contributed by atoms with Gasteiger partial charge in [-0.15, -0.1) is 0 Å². The fourth-order valence-electron chi connectivity index (χ4n) is 1.81. The number of rotatable bonds is 5. The van der Waals surface area contributed by atoms with Crippen molar-refractivity contribution in [2.24, 2.45) is 5.73 Å². The summed E-state index contributed by atoms with van der Waals surface area (Å²) in [5.41, 5.74) is 12.7. The van der Waals surface area contributed by atoms with E-state index >= 15 is 0 Å². The third-order valence-corrected chi connectivity index (χ3v) is 4.84. The van der Waals surface area contributed by atoms with Crippen molar-refractivity contribution in [3.8, 4) is 0 Å². The summed E-state index contributed by atoms with van der Waals surface area (Å²) in [5.74, 6) is -0.995. The number of hydrogen-bond acceptors (Lipinski definition) is 5. The van der Waals surface area contributed by atoms with Gasteiger partial charge in [0.05, 0.1) is 4.90 Å². The van der Waals surface area contributed by atoms with Crippen LogP contribution in [-0.4, -0.2) is 32.1 Å². The van der Waals surface area contributed by atoms with Crippen LogP contribution in [0.15, 0.2) is 11.0 Å². The zero-order chi connectivity index (χ0) is 15.7. The number of aryl methyl sites for hydroxylation is 1. The van der Waals surface area contributed by atoms with Crippen LogP contribution in [0.25, 0.3) is 0 Å². The second kappa shape index (κ2) is 5.78. The average Bonchev–Trinajstić information content (AvgIpc) is 2.33. The highest BCUT2D eigenvalue weighted by Gasteiger charge is 2.24. The Hall–Kier alpha value is -1.64. The monoisotopic (exact) mass is 301 g/mol. The highest BCUT2D eigenvalue weighted by Crippen LogP contribution is 2.27. The van der Waals surface area contributed by atoms with Crippen LogP contribution in [0, 0.1) is 20.8 Å². The maximum Gasteiger partial charge on any atom is 0.247 e. The predicted molar refractivity (Wildman–Crippen MR) is 75.5 cm³/mol. The third kappa shape index (κ3) is 3.27. The smallest absolute Gasteiger partial charge is 0.247 e. The normalized spacial score (nSPS) is 13.2. The van der Waals surface area contributed by atoms with Gasteiger partial charge in [0.1, 0.15) is 6.10 Å². The summed E-state index contributed by atoms with van der Waals surface area (Å²) in [6.45, 7) is 4.54. The molecule has 1 atom stereocenters. The molecule has 1 aromatic rings. The first kappa shape index (κ1) is 16.4. The lowest BCUT2D eigenvalue weighted by Gasteiger charge is -2.16. The van der Waals surface area contributed by atoms with Gasteiger partial charge < -0.3 is 16.6 Å². The number of anilines is 1. The summed E-state index contributed by atoms with van der Waals surface area (Å²) in [5, 5.41) is 9.26. The van der Waals surface area contributed by atoms with Crippen LogP contribution in [0.1, 0.15) is 16.7 Å². The highest BCUT2D eigenvalue weighted by molar-refractivity contribution is 7.89. The van der Waals surface area contributed by atoms with Crippen molar-refractivity contribution >= 4 is 21.6 Å². The van der Waals surface area contributed by atoms with E-state index in [4.69, 9.17) is 11.5 Å². The number of aliphatic hydroxyl groups excluding tert-OH is 1. The van der Waals surface area contributed by atoms with E-state index in [0.29, 0.717) is 16.8 Å². The molecule has 1 amide bonds. The minimum atomic E-state index is -3.89. The summed E-state index contributed by atoms with van der Waals surface area (Å²) in [6.07, 6.45) is -1.58. The molecule has 0 heterocycles. The fraction of sp³-hybridized carbons (Fsp3) is 0.417. The minimum Gasteiger partial charge on any atom is -0.398 e. The first-order chi connectivity index (χ1) is 9.08. The molecule has 0 bridgehead atoms. The molecule has 112 valence electrons. The average molecular weight is 301 g/mol. The number of benzene rings is 1. The lowest BCUT2D eigenvalue weighted by molar-refractivity contribution is -0.125. The number of aliphatic hydroxyl groups is 1. The zero-order valence-corrected chi connectivity index (χ0v) is 12.4. The molecule has 0 aliphatic carbocycles. The number of hydrogen-bond donors (Lipinski definition) is 4. The van der Waals surface area contributed by atoms with Crippen molar-refractivity contribution in [2.75, 3.05) is 12.3 Å². The summed E-state index contributed by atoms with van der Waals surface area (Å²) in [7, 11) is -3.89. The van der Waals surface area contributed by atoms with Gasteiger partial charge >= 0.3 is 0 Å². The van der Waals surface area contributed by atoms with Gasteiger partial charge in [-0.2, -0.15) is 0 Å². The third-order valence-electron chi connectivity index (χ3n) is 3.14. The van der Waals surface area contributed by atoms with Crippen LogP contribution in [0.4, 0.5) is 5.69 Å². The van der Waals surface area contributed by atoms with Crippen molar-refractivity contribution in [3.05, 3.63) is 22.8 Å². The Kier molecular flexibility index (Phi) is 4.74. The van der Waals surface area contributed by atoms with Gasteiger partial charge in [0.25, 0.3) is 0 Å². The van der Waals surface area contributed by atoms with E-state index in [-0.39, 0.29) is 4.90 Å². The number of nitrogens with one attached hydrogen (secondary N) is 1. The van der Waals surface area contributed by atoms with E-state index in [9.17, 15) is 18.3 Å². The van der Waals surface area contributed by atoms with E-state index in [1.165, 1.54) is 0 Å². The van der Waals surface area contributed by atoms with Gasteiger partial charge in [-0.3, -0.25) is 4.79 Å². The molecule has 1 unspecified atom stereocenters. The predicted octanol–water partition coefficient (Wildman–Crippen LogP) is -0.681. The molecule has 0 radical (unpaired) electrons. The maximum atomic E-state index is 12.3. The van der Waals surface area contributed by atoms with E-state index in [0.717, 1.165) is 5.56 Å². The summed E-state index contributed by atoms with van der Waals surface area (Å²) < 4.78 is 26.7. The molecule has 20 heavy (non-hydrogen) atoms. The van der Waals surface area contributed by atoms with Gasteiger partial charge in [-0.1, -0.05) is 0 Å². The number of sulfonamides is 1. The SMILES string of the molecule is Cc1cc(N)c(C)c(S(=O)(=O)NCC(O)C(N)=O)c1C. The maximum absolute atomic E-state index is 12.3. The lowest BCUT2D eigenvalue weighted by atomic mass is 10.1. The Morgan fingerprint density at radius 3 is 2.40 bits per heavy atom. The number of nitrogens with two attached hydrogens (primary N) is 2. The second-order valence-electron chi connectivity index (χ2n) is 4.63. The van der Waals surface area contributed by atoms with E-state index in [2.05, 4.69) is 4.72 Å². The number of carbonyl (C=O) groups is 1. The molecule has 0 saturated heterocycles. The van der Waals surface area contributed by atoms with Crippen molar-refractivity contribution in [1.29, 1.82) is 0 Å². The number of carbonyl (C=O) groups excluding carboxylic acids is 1. The number of primary amides is 1. The van der Waals surface area contributed by atoms with Gasteiger partial charge in [0, 0.05) is 12.2 Å². The van der Waals surface area contributed by atoms with Crippen molar-refractivity contribution in [1.82, 2.24) is 4.72 Å². The molecule has 1 rings (SSSR count). The van der Waals surface area contributed by atoms with Crippen LogP contribution in [0.3, 0.4) is 0 Å². The van der Waals surface area contributed by atoms with Crippen molar-refractivity contribution in [2.45, 2.75) is 31.8 Å². The molecule has 0 fully saturated rings. The quantitative estimate of drug-likeness (QED) is 0.534. The van der Waals surface area contributed by atoms with Gasteiger partial charge in [0.2, 0.25) is 15.9 Å². The van der Waals surface area contributed by atoms with E-state index in [1.54, 1.807) is 26.8 Å². The topological polar surface area (TPSA) is 136 Å². The van der Waals surface area contributed by atoms with Crippen LogP contribution in [0.5, 0.6) is 0 Å². The molecular formula is C12H19N3O4S. The van der Waals surface area contributed by atoms with E-state index < -0.39 is 28.6 Å². The van der Waals surface area contributed by atoms with E-state index in [1.807, 2.05) is 0 Å². The van der Waals surface area contributed by atoms with Crippen molar-refractivity contribution < 1.29 is 18.3 Å². The summed E-state index contributed by atoms with van der Waals surface area (Å²) in [6, 6.07) is 1.70. The van der Waals surface area contributed by atoms with Gasteiger partial charge in [-0.05, 0) is 43.5 Å². The first-order valence-electron chi connectivity index (χ1n) is 5.91. The molecule has 8 heteroatoms. The Morgan fingerprint density at radius 2 is 1.90 bits per heavy atom. The standard InChI is InChI=1S/C12H19N3O4S/c1-6-4-9(13)8(3)11(7(6)2)20(18,19)15-5-10(16)12(14)17/h4,10,15-16H,5,13H2,1-3H3,(H2,14,17). The van der Waals surface area contributed by atoms with Crippen LogP contribution < -0.4 is 16.2 Å². The van der Waals surface area contributed by atoms with Crippen LogP contribution >= 0.6 is 0 Å². The van der Waals surface area contributed by atoms with Crippen LogP contribution in [0.2, 0.25) is 0 Å². The molecule has 0 saturated carbocycles. The summed E-state index contributed by atoms with van der Waals surface area (Å²) in [4.78, 5) is 10.8. The highest BCUT2D eigenvalue weighted by atomic mass is 32.2. The number of amides is 1. The molecular weight excluding hydrogens is 282 g/mol. The first-order valence-corrected chi connectivity index (χ1v) is 7.39. The molecule has 0 aliphatic heterocycles. The zero-order valence-electron chi connectivity index (χ0n) is 11.6. The molecule has 0 aromatic heterocycles. The van der Waals surface area contributed by atoms with Gasteiger partial charge in [-0.25, -0.2) is 13.1 Å². The fourth-order valence-corrected chi connectivity index (χ4v) is 3.41. The Balaban J connectivity index is 3.20. The van der Waals surface area contributed by atoms with Crippen molar-refractivity contribution in [3.63, 3.8) is 0 Å². The Labute approximate surface area is 118 Å². The summed E-state index contributed by atoms with van der Waals surface area (Å²) >= 11 is 0. The number of nitrogen functional groups attached to an aromatic ring is 1. The Morgan fingerprint density at radius 1 is 1.35 bits per heavy atom. The molecule has 0 aliphatic rings. The Bertz CT molecular complexity index is 614. The molecule has 0 spiro atoms. The minimum absolute atomic E-state index is 0.0617. The second-order valence-corrected chi connectivity index (χ2v) is 6.34. The molecule has 7 nitrogen and oxygen atoms in total. The van der Waals surface area contributed by atoms with Crippen LogP contribution in [-0.2, 0) is 14.8 Å². The van der Waals surface area contributed by atoms with Gasteiger partial charge in [0.15, 0.2) is 0 Å². The molecule has 6 N–H and O–H groups in total. The molecule has 1 aromatic carbocycles. The largest absolute Gasteiger partial charge is 0.398 e.